The molecule has 0 aliphatic heterocycles. The molecule has 0 amide bonds. The number of ether oxygens (including phenoxy) is 1. The van der Waals surface area contributed by atoms with Crippen molar-refractivity contribution in [3.8, 4) is 5.75 Å². The molecule has 0 fully saturated rings. The average molecular weight is 289 g/mol. The van der Waals surface area contributed by atoms with Gasteiger partial charge in [-0.15, -0.1) is 11.3 Å². The van der Waals surface area contributed by atoms with Gasteiger partial charge < -0.3 is 10.1 Å². The Morgan fingerprint density at radius 1 is 1.30 bits per heavy atom. The molecule has 1 N–H and O–H groups in total. The Labute approximate surface area is 125 Å². The second-order valence-corrected chi connectivity index (χ2v) is 6.07. The SMILES string of the molecule is CCCNC(Cc1cccs1)c1cc(C)ccc1OC. The molecule has 1 unspecified atom stereocenters. The summed E-state index contributed by atoms with van der Waals surface area (Å²) in [4.78, 5) is 1.40. The minimum Gasteiger partial charge on any atom is -0.496 e. The largest absolute Gasteiger partial charge is 0.496 e. The van der Waals surface area contributed by atoms with Gasteiger partial charge in [-0.05, 0) is 37.4 Å². The van der Waals surface area contributed by atoms with Gasteiger partial charge in [0.05, 0.1) is 7.11 Å². The van der Waals surface area contributed by atoms with E-state index in [1.807, 2.05) is 11.3 Å². The van der Waals surface area contributed by atoms with Gasteiger partial charge in [-0.1, -0.05) is 30.7 Å². The van der Waals surface area contributed by atoms with E-state index in [1.54, 1.807) is 7.11 Å². The number of rotatable bonds is 7. The molecule has 1 aromatic heterocycles. The third kappa shape index (κ3) is 3.84. The fourth-order valence-electron chi connectivity index (χ4n) is 2.37. The van der Waals surface area contributed by atoms with Crippen molar-refractivity contribution in [3.05, 3.63) is 51.7 Å². The predicted octanol–water partition coefficient (Wildman–Crippen LogP) is 4.35. The van der Waals surface area contributed by atoms with Gasteiger partial charge in [-0.25, -0.2) is 0 Å². The first-order valence-electron chi connectivity index (χ1n) is 7.15. The molecule has 0 aliphatic carbocycles. The molecule has 0 saturated heterocycles. The lowest BCUT2D eigenvalue weighted by Gasteiger charge is -2.21. The number of benzene rings is 1. The van der Waals surface area contributed by atoms with Crippen molar-refractivity contribution < 1.29 is 4.74 Å². The number of thiophene rings is 1. The van der Waals surface area contributed by atoms with Crippen LogP contribution < -0.4 is 10.1 Å². The summed E-state index contributed by atoms with van der Waals surface area (Å²) >= 11 is 1.82. The van der Waals surface area contributed by atoms with Crippen LogP contribution in [0.4, 0.5) is 0 Å². The number of nitrogens with one attached hydrogen (secondary N) is 1. The normalized spacial score (nSPS) is 12.3. The van der Waals surface area contributed by atoms with Gasteiger partial charge in [0.1, 0.15) is 5.75 Å². The van der Waals surface area contributed by atoms with Gasteiger partial charge >= 0.3 is 0 Å². The second kappa shape index (κ2) is 7.46. The van der Waals surface area contributed by atoms with Gasteiger partial charge in [0.2, 0.25) is 0 Å². The van der Waals surface area contributed by atoms with Crippen LogP contribution in [0.25, 0.3) is 0 Å². The summed E-state index contributed by atoms with van der Waals surface area (Å²) in [5.74, 6) is 0.973. The van der Waals surface area contributed by atoms with Crippen LogP contribution in [0.2, 0.25) is 0 Å². The quantitative estimate of drug-likeness (QED) is 0.818. The third-order valence-electron chi connectivity index (χ3n) is 3.39. The smallest absolute Gasteiger partial charge is 0.123 e. The molecule has 1 aromatic carbocycles. The lowest BCUT2D eigenvalue weighted by Crippen LogP contribution is -2.24. The number of aryl methyl sites for hydroxylation is 1. The van der Waals surface area contributed by atoms with E-state index < -0.39 is 0 Å². The van der Waals surface area contributed by atoms with Gasteiger partial charge in [0.15, 0.2) is 0 Å². The molecule has 1 heterocycles. The minimum absolute atomic E-state index is 0.309. The number of hydrogen-bond acceptors (Lipinski definition) is 3. The molecule has 0 spiro atoms. The summed E-state index contributed by atoms with van der Waals surface area (Å²) in [6.07, 6.45) is 2.15. The Balaban J connectivity index is 2.27. The molecule has 2 rings (SSSR count). The zero-order chi connectivity index (χ0) is 14.4. The Kier molecular flexibility index (Phi) is 5.62. The third-order valence-corrected chi connectivity index (χ3v) is 4.29. The van der Waals surface area contributed by atoms with Crippen LogP contribution in [0.1, 0.15) is 35.4 Å². The highest BCUT2D eigenvalue weighted by Crippen LogP contribution is 2.29. The maximum absolute atomic E-state index is 5.54. The molecule has 20 heavy (non-hydrogen) atoms. The van der Waals surface area contributed by atoms with Gasteiger partial charge in [0, 0.05) is 22.9 Å². The zero-order valence-corrected chi connectivity index (χ0v) is 13.3. The molecule has 0 aliphatic rings. The minimum atomic E-state index is 0.309. The Morgan fingerprint density at radius 3 is 2.80 bits per heavy atom. The van der Waals surface area contributed by atoms with Crippen molar-refractivity contribution in [3.63, 3.8) is 0 Å². The molecule has 0 radical (unpaired) electrons. The van der Waals surface area contributed by atoms with Crippen molar-refractivity contribution in [1.82, 2.24) is 5.32 Å². The molecular weight excluding hydrogens is 266 g/mol. The van der Waals surface area contributed by atoms with E-state index in [1.165, 1.54) is 16.0 Å². The van der Waals surface area contributed by atoms with E-state index in [-0.39, 0.29) is 0 Å². The van der Waals surface area contributed by atoms with Crippen molar-refractivity contribution >= 4 is 11.3 Å². The summed E-state index contributed by atoms with van der Waals surface area (Å²) in [6.45, 7) is 5.35. The average Bonchev–Trinajstić information content (AvgIpc) is 2.96. The van der Waals surface area contributed by atoms with Crippen LogP contribution in [-0.2, 0) is 6.42 Å². The van der Waals surface area contributed by atoms with Crippen LogP contribution in [0.15, 0.2) is 35.7 Å². The monoisotopic (exact) mass is 289 g/mol. The fraction of sp³-hybridized carbons (Fsp3) is 0.412. The lowest BCUT2D eigenvalue weighted by molar-refractivity contribution is 0.398. The highest BCUT2D eigenvalue weighted by Gasteiger charge is 2.16. The van der Waals surface area contributed by atoms with E-state index in [0.717, 1.165) is 25.1 Å². The second-order valence-electron chi connectivity index (χ2n) is 5.04. The molecule has 2 nitrogen and oxygen atoms in total. The molecule has 0 bridgehead atoms. The maximum Gasteiger partial charge on any atom is 0.123 e. The summed E-state index contributed by atoms with van der Waals surface area (Å²) in [5, 5.41) is 5.79. The molecule has 108 valence electrons. The number of hydrogen-bond donors (Lipinski definition) is 1. The lowest BCUT2D eigenvalue weighted by atomic mass is 9.99. The van der Waals surface area contributed by atoms with E-state index in [9.17, 15) is 0 Å². The van der Waals surface area contributed by atoms with Crippen LogP contribution in [0.5, 0.6) is 5.75 Å². The van der Waals surface area contributed by atoms with E-state index in [2.05, 4.69) is 54.9 Å². The standard InChI is InChI=1S/C17H23NOS/c1-4-9-18-16(12-14-6-5-10-20-14)15-11-13(2)7-8-17(15)19-3/h5-8,10-11,16,18H,4,9,12H2,1-3H3. The van der Waals surface area contributed by atoms with E-state index >= 15 is 0 Å². The predicted molar refractivity (Wildman–Crippen MR) is 86.8 cm³/mol. The van der Waals surface area contributed by atoms with Crippen LogP contribution in [0, 0.1) is 6.92 Å². The van der Waals surface area contributed by atoms with Gasteiger partial charge in [-0.2, -0.15) is 0 Å². The van der Waals surface area contributed by atoms with Crippen molar-refractivity contribution in [2.45, 2.75) is 32.7 Å². The zero-order valence-electron chi connectivity index (χ0n) is 12.5. The summed E-state index contributed by atoms with van der Waals surface area (Å²) in [7, 11) is 1.75. The van der Waals surface area contributed by atoms with Crippen molar-refractivity contribution in [1.29, 1.82) is 0 Å². The molecule has 2 aromatic rings. The number of methoxy groups -OCH3 is 1. The summed E-state index contributed by atoms with van der Waals surface area (Å²) in [6, 6.07) is 11.0. The summed E-state index contributed by atoms with van der Waals surface area (Å²) < 4.78 is 5.54. The highest BCUT2D eigenvalue weighted by atomic mass is 32.1. The topological polar surface area (TPSA) is 21.3 Å². The molecule has 3 heteroatoms. The maximum atomic E-state index is 5.54. The van der Waals surface area contributed by atoms with Gasteiger partial charge in [-0.3, -0.25) is 0 Å². The molecule has 1 atom stereocenters. The molecule has 0 saturated carbocycles. The fourth-order valence-corrected chi connectivity index (χ4v) is 3.12. The first kappa shape index (κ1) is 15.1. The van der Waals surface area contributed by atoms with Crippen LogP contribution >= 0.6 is 11.3 Å². The molecular formula is C17H23NOS. The van der Waals surface area contributed by atoms with E-state index in [4.69, 9.17) is 4.74 Å². The van der Waals surface area contributed by atoms with Crippen LogP contribution in [-0.4, -0.2) is 13.7 Å². The first-order valence-corrected chi connectivity index (χ1v) is 8.03. The highest BCUT2D eigenvalue weighted by molar-refractivity contribution is 7.09. The van der Waals surface area contributed by atoms with Crippen LogP contribution in [0.3, 0.4) is 0 Å². The van der Waals surface area contributed by atoms with E-state index in [0.29, 0.717) is 6.04 Å². The Bertz CT molecular complexity index is 522. The Hall–Kier alpha value is -1.32. The van der Waals surface area contributed by atoms with Crippen molar-refractivity contribution in [2.75, 3.05) is 13.7 Å². The summed E-state index contributed by atoms with van der Waals surface area (Å²) in [5.41, 5.74) is 2.53. The first-order chi connectivity index (χ1) is 9.74. The van der Waals surface area contributed by atoms with Gasteiger partial charge in [0.25, 0.3) is 0 Å². The van der Waals surface area contributed by atoms with Crippen molar-refractivity contribution in [2.24, 2.45) is 0 Å². The Morgan fingerprint density at radius 2 is 2.15 bits per heavy atom.